The minimum atomic E-state index is 0.285. The predicted octanol–water partition coefficient (Wildman–Crippen LogP) is 1.47. The third kappa shape index (κ3) is 8.38. The molecule has 0 aromatic heterocycles. The number of carbonyl (C=O) groups excluding carboxylic acids is 1. The van der Waals surface area contributed by atoms with Crippen LogP contribution in [0.5, 0.6) is 5.75 Å². The Balaban J connectivity index is 1.40. The van der Waals surface area contributed by atoms with Crippen molar-refractivity contribution in [2.75, 3.05) is 65.6 Å². The molecule has 1 aromatic rings. The molecule has 2 N–H and O–H groups in total. The van der Waals surface area contributed by atoms with E-state index in [2.05, 4.69) is 34.6 Å². The summed E-state index contributed by atoms with van der Waals surface area (Å²) in [5.41, 5.74) is 1.11. The zero-order valence-corrected chi connectivity index (χ0v) is 18.8. The van der Waals surface area contributed by atoms with Crippen molar-refractivity contribution in [1.29, 1.82) is 0 Å². The highest BCUT2D eigenvalue weighted by atomic mass is 16.5. The van der Waals surface area contributed by atoms with Crippen molar-refractivity contribution in [3.8, 4) is 5.75 Å². The van der Waals surface area contributed by atoms with E-state index in [4.69, 9.17) is 14.5 Å². The van der Waals surface area contributed by atoms with Crippen molar-refractivity contribution >= 4 is 11.9 Å². The maximum absolute atomic E-state index is 11.7. The maximum Gasteiger partial charge on any atom is 0.222 e. The monoisotopic (exact) mass is 431 g/mol. The van der Waals surface area contributed by atoms with Gasteiger partial charge in [-0.2, -0.15) is 0 Å². The summed E-state index contributed by atoms with van der Waals surface area (Å²) in [6.07, 6.45) is 2.61. The second-order valence-electron chi connectivity index (χ2n) is 7.91. The van der Waals surface area contributed by atoms with Gasteiger partial charge in [-0.3, -0.25) is 9.69 Å². The molecule has 2 aliphatic heterocycles. The lowest BCUT2D eigenvalue weighted by atomic mass is 10.2. The molecule has 2 fully saturated rings. The fourth-order valence-electron chi connectivity index (χ4n) is 3.78. The van der Waals surface area contributed by atoms with E-state index in [1.54, 1.807) is 0 Å². The summed E-state index contributed by atoms with van der Waals surface area (Å²) in [4.78, 5) is 20.7. The first-order chi connectivity index (χ1) is 15.2. The third-order valence-electron chi connectivity index (χ3n) is 5.51. The van der Waals surface area contributed by atoms with Crippen LogP contribution < -0.4 is 15.4 Å². The minimum absolute atomic E-state index is 0.285. The first-order valence-electron chi connectivity index (χ1n) is 11.6. The molecule has 172 valence electrons. The SMILES string of the molecule is CCNC(=NCc1cccc(OCCN2CCOCC2)c1)NCCCN1CCCC1=O. The lowest BCUT2D eigenvalue weighted by Gasteiger charge is -2.26. The molecule has 1 amide bonds. The molecule has 2 saturated heterocycles. The van der Waals surface area contributed by atoms with Crippen molar-refractivity contribution < 1.29 is 14.3 Å². The predicted molar refractivity (Wildman–Crippen MR) is 122 cm³/mol. The first kappa shape index (κ1) is 23.3. The molecular weight excluding hydrogens is 394 g/mol. The molecular formula is C23H37N5O3. The van der Waals surface area contributed by atoms with E-state index in [1.165, 1.54) is 0 Å². The van der Waals surface area contributed by atoms with Crippen LogP contribution in [0.2, 0.25) is 0 Å². The molecule has 2 aliphatic rings. The molecule has 8 nitrogen and oxygen atoms in total. The average Bonchev–Trinajstić information content (AvgIpc) is 3.20. The minimum Gasteiger partial charge on any atom is -0.492 e. The van der Waals surface area contributed by atoms with E-state index in [9.17, 15) is 4.79 Å². The quantitative estimate of drug-likeness (QED) is 0.314. The molecule has 0 saturated carbocycles. The van der Waals surface area contributed by atoms with Gasteiger partial charge in [0.2, 0.25) is 5.91 Å². The second-order valence-corrected chi connectivity index (χ2v) is 7.91. The van der Waals surface area contributed by atoms with Gasteiger partial charge in [0.25, 0.3) is 0 Å². The number of hydrogen-bond donors (Lipinski definition) is 2. The van der Waals surface area contributed by atoms with Crippen LogP contribution in [0.25, 0.3) is 0 Å². The summed E-state index contributed by atoms with van der Waals surface area (Å²) in [5.74, 6) is 1.97. The van der Waals surface area contributed by atoms with E-state index < -0.39 is 0 Å². The summed E-state index contributed by atoms with van der Waals surface area (Å²) in [5, 5.41) is 6.66. The fraction of sp³-hybridized carbons (Fsp3) is 0.652. The Bertz CT molecular complexity index is 706. The molecule has 0 radical (unpaired) electrons. The maximum atomic E-state index is 11.7. The lowest BCUT2D eigenvalue weighted by Crippen LogP contribution is -2.39. The summed E-state index contributed by atoms with van der Waals surface area (Å²) in [6.45, 7) is 11.1. The summed E-state index contributed by atoms with van der Waals surface area (Å²) in [6, 6.07) is 8.14. The van der Waals surface area contributed by atoms with Gasteiger partial charge in [-0.1, -0.05) is 12.1 Å². The zero-order chi connectivity index (χ0) is 21.7. The number of amides is 1. The number of rotatable bonds is 11. The Morgan fingerprint density at radius 3 is 2.84 bits per heavy atom. The highest BCUT2D eigenvalue weighted by Gasteiger charge is 2.18. The normalized spacial score (nSPS) is 17.8. The number of nitrogens with zero attached hydrogens (tertiary/aromatic N) is 3. The van der Waals surface area contributed by atoms with Crippen LogP contribution >= 0.6 is 0 Å². The third-order valence-corrected chi connectivity index (χ3v) is 5.51. The molecule has 0 bridgehead atoms. The molecule has 2 heterocycles. The molecule has 0 unspecified atom stereocenters. The van der Waals surface area contributed by atoms with Crippen LogP contribution in [0.4, 0.5) is 0 Å². The number of likely N-dealkylation sites (tertiary alicyclic amines) is 1. The van der Waals surface area contributed by atoms with E-state index >= 15 is 0 Å². The van der Waals surface area contributed by atoms with Crippen LogP contribution in [0, 0.1) is 0 Å². The molecule has 0 atom stereocenters. The van der Waals surface area contributed by atoms with Gasteiger partial charge in [0, 0.05) is 52.2 Å². The van der Waals surface area contributed by atoms with Crippen molar-refractivity contribution in [1.82, 2.24) is 20.4 Å². The topological polar surface area (TPSA) is 78.4 Å². The summed E-state index contributed by atoms with van der Waals surface area (Å²) >= 11 is 0. The molecule has 8 heteroatoms. The van der Waals surface area contributed by atoms with Crippen LogP contribution in [0.15, 0.2) is 29.3 Å². The number of ether oxygens (including phenoxy) is 2. The van der Waals surface area contributed by atoms with Gasteiger partial charge in [-0.05, 0) is 37.5 Å². The number of benzene rings is 1. The number of aliphatic imine (C=N–C) groups is 1. The Hall–Kier alpha value is -2.32. The van der Waals surface area contributed by atoms with Crippen LogP contribution in [0.1, 0.15) is 31.7 Å². The van der Waals surface area contributed by atoms with E-state index in [1.807, 2.05) is 17.0 Å². The lowest BCUT2D eigenvalue weighted by molar-refractivity contribution is -0.127. The van der Waals surface area contributed by atoms with Crippen molar-refractivity contribution in [2.24, 2.45) is 4.99 Å². The summed E-state index contributed by atoms with van der Waals surface area (Å²) < 4.78 is 11.3. The Kier molecular flexibility index (Phi) is 9.92. The molecule has 3 rings (SSSR count). The summed E-state index contributed by atoms with van der Waals surface area (Å²) in [7, 11) is 0. The number of hydrogen-bond acceptors (Lipinski definition) is 5. The number of morpholine rings is 1. The van der Waals surface area contributed by atoms with Gasteiger partial charge in [0.1, 0.15) is 12.4 Å². The highest BCUT2D eigenvalue weighted by Crippen LogP contribution is 2.14. The van der Waals surface area contributed by atoms with Gasteiger partial charge >= 0.3 is 0 Å². The van der Waals surface area contributed by atoms with Crippen LogP contribution in [-0.2, 0) is 16.1 Å². The van der Waals surface area contributed by atoms with Gasteiger partial charge < -0.3 is 25.0 Å². The van der Waals surface area contributed by atoms with Gasteiger partial charge in [0.15, 0.2) is 5.96 Å². The van der Waals surface area contributed by atoms with Crippen LogP contribution in [-0.4, -0.2) is 87.3 Å². The van der Waals surface area contributed by atoms with E-state index in [-0.39, 0.29) is 5.91 Å². The number of carbonyl (C=O) groups is 1. The fourth-order valence-corrected chi connectivity index (χ4v) is 3.78. The molecule has 0 aliphatic carbocycles. The van der Waals surface area contributed by atoms with E-state index in [0.717, 1.165) is 89.1 Å². The van der Waals surface area contributed by atoms with Gasteiger partial charge in [-0.15, -0.1) is 0 Å². The first-order valence-corrected chi connectivity index (χ1v) is 11.6. The molecule has 1 aromatic carbocycles. The van der Waals surface area contributed by atoms with E-state index in [0.29, 0.717) is 19.6 Å². The Morgan fingerprint density at radius 1 is 1.19 bits per heavy atom. The van der Waals surface area contributed by atoms with Gasteiger partial charge in [-0.25, -0.2) is 4.99 Å². The second kappa shape index (κ2) is 13.2. The van der Waals surface area contributed by atoms with Gasteiger partial charge in [0.05, 0.1) is 19.8 Å². The number of guanidine groups is 1. The zero-order valence-electron chi connectivity index (χ0n) is 18.8. The average molecular weight is 432 g/mol. The largest absolute Gasteiger partial charge is 0.492 e. The molecule has 31 heavy (non-hydrogen) atoms. The molecule has 0 spiro atoms. The van der Waals surface area contributed by atoms with Crippen molar-refractivity contribution in [3.05, 3.63) is 29.8 Å². The smallest absolute Gasteiger partial charge is 0.222 e. The van der Waals surface area contributed by atoms with Crippen molar-refractivity contribution in [3.63, 3.8) is 0 Å². The highest BCUT2D eigenvalue weighted by molar-refractivity contribution is 5.79. The van der Waals surface area contributed by atoms with Crippen LogP contribution in [0.3, 0.4) is 0 Å². The van der Waals surface area contributed by atoms with Crippen molar-refractivity contribution in [2.45, 2.75) is 32.7 Å². The Labute approximate surface area is 186 Å². The Morgan fingerprint density at radius 2 is 2.06 bits per heavy atom. The standard InChI is InChI=1S/C23H37N5O3/c1-2-24-23(25-9-5-11-28-10-4-8-22(28)29)26-19-20-6-3-7-21(18-20)31-17-14-27-12-15-30-16-13-27/h3,6-7,18H,2,4-5,8-17,19H2,1H3,(H2,24,25,26). The number of nitrogens with one attached hydrogen (secondary N) is 2.